The molecule has 0 unspecified atom stereocenters. The van der Waals surface area contributed by atoms with Crippen LogP contribution in [0.1, 0.15) is 19.3 Å². The number of likely N-dealkylation sites (tertiary alicyclic amines) is 1. The number of methoxy groups -OCH3 is 1. The fraction of sp³-hybridized carbons (Fsp3) is 0.357. The van der Waals surface area contributed by atoms with Gasteiger partial charge in [0.15, 0.2) is 0 Å². The van der Waals surface area contributed by atoms with E-state index in [1.807, 2.05) is 0 Å². The Hall–Kier alpha value is -2.08. The number of carbonyl (C=O) groups is 3. The molecule has 1 heterocycles. The normalized spacial score (nSPS) is 14.5. The van der Waals surface area contributed by atoms with Gasteiger partial charge in [0.25, 0.3) is 0 Å². The first-order valence-corrected chi connectivity index (χ1v) is 6.85. The predicted octanol–water partition coefficient (Wildman–Crippen LogP) is 1.83. The number of ether oxygens (including phenoxy) is 1. The van der Waals surface area contributed by atoms with Crippen LogP contribution in [0.5, 0.6) is 5.75 Å². The standard InChI is InChI=1S/C14H15ClN2O4/c1-21-11-3-2-9(8-10(11)15)16-12(18)6-7-17-13(19)4-5-14(17)20/h2-3,8H,4-7H2,1H3,(H,16,18). The van der Waals surface area contributed by atoms with Crippen molar-refractivity contribution in [3.8, 4) is 5.75 Å². The van der Waals surface area contributed by atoms with Crippen molar-refractivity contribution < 1.29 is 19.1 Å². The minimum absolute atomic E-state index is 0.0567. The summed E-state index contributed by atoms with van der Waals surface area (Å²) >= 11 is 5.96. The Kier molecular flexibility index (Phi) is 4.80. The molecule has 1 fully saturated rings. The van der Waals surface area contributed by atoms with E-state index >= 15 is 0 Å². The number of amides is 3. The van der Waals surface area contributed by atoms with Crippen molar-refractivity contribution in [1.82, 2.24) is 4.90 Å². The summed E-state index contributed by atoms with van der Waals surface area (Å²) < 4.78 is 5.02. The molecule has 1 aromatic carbocycles. The van der Waals surface area contributed by atoms with Gasteiger partial charge in [-0.25, -0.2) is 0 Å². The number of nitrogens with one attached hydrogen (secondary N) is 1. The van der Waals surface area contributed by atoms with E-state index < -0.39 is 0 Å². The molecule has 1 aliphatic heterocycles. The fourth-order valence-electron chi connectivity index (χ4n) is 2.05. The molecule has 21 heavy (non-hydrogen) atoms. The number of benzene rings is 1. The van der Waals surface area contributed by atoms with Crippen molar-refractivity contribution in [1.29, 1.82) is 0 Å². The summed E-state index contributed by atoms with van der Waals surface area (Å²) in [7, 11) is 1.50. The Balaban J connectivity index is 1.88. The number of anilines is 1. The lowest BCUT2D eigenvalue weighted by molar-refractivity contribution is -0.138. The van der Waals surface area contributed by atoms with Crippen LogP contribution in [0.25, 0.3) is 0 Å². The molecular formula is C14H15ClN2O4. The lowest BCUT2D eigenvalue weighted by Gasteiger charge is -2.13. The third-order valence-electron chi connectivity index (χ3n) is 3.15. The summed E-state index contributed by atoms with van der Waals surface area (Å²) in [5.74, 6) is -0.216. The second-order valence-electron chi connectivity index (χ2n) is 4.59. The zero-order chi connectivity index (χ0) is 15.4. The van der Waals surface area contributed by atoms with Crippen LogP contribution in [0.4, 0.5) is 5.69 Å². The average molecular weight is 311 g/mol. The molecule has 6 nitrogen and oxygen atoms in total. The minimum Gasteiger partial charge on any atom is -0.495 e. The van der Waals surface area contributed by atoms with Crippen LogP contribution in [0, 0.1) is 0 Å². The number of imide groups is 1. The van der Waals surface area contributed by atoms with Gasteiger partial charge in [-0.05, 0) is 18.2 Å². The van der Waals surface area contributed by atoms with E-state index in [0.29, 0.717) is 16.5 Å². The maximum Gasteiger partial charge on any atom is 0.229 e. The Labute approximate surface area is 127 Å². The lowest BCUT2D eigenvalue weighted by Crippen LogP contribution is -2.32. The Morgan fingerprint density at radius 3 is 2.57 bits per heavy atom. The topological polar surface area (TPSA) is 75.7 Å². The molecule has 1 N–H and O–H groups in total. The van der Waals surface area contributed by atoms with Crippen LogP contribution in [0.3, 0.4) is 0 Å². The van der Waals surface area contributed by atoms with Crippen molar-refractivity contribution in [3.63, 3.8) is 0 Å². The van der Waals surface area contributed by atoms with E-state index in [1.54, 1.807) is 18.2 Å². The number of hydrogen-bond donors (Lipinski definition) is 1. The molecule has 0 radical (unpaired) electrons. The van der Waals surface area contributed by atoms with Gasteiger partial charge in [0.05, 0.1) is 12.1 Å². The molecule has 1 aromatic rings. The first-order valence-electron chi connectivity index (χ1n) is 6.48. The van der Waals surface area contributed by atoms with E-state index in [4.69, 9.17) is 16.3 Å². The van der Waals surface area contributed by atoms with E-state index in [2.05, 4.69) is 5.32 Å². The van der Waals surface area contributed by atoms with Crippen molar-refractivity contribution in [2.24, 2.45) is 0 Å². The molecule has 0 atom stereocenters. The first-order chi connectivity index (χ1) is 10.0. The number of carbonyl (C=O) groups excluding carboxylic acids is 3. The molecular weight excluding hydrogens is 296 g/mol. The van der Waals surface area contributed by atoms with Crippen LogP contribution in [-0.4, -0.2) is 36.3 Å². The molecule has 0 aromatic heterocycles. The van der Waals surface area contributed by atoms with Gasteiger partial charge in [-0.2, -0.15) is 0 Å². The monoisotopic (exact) mass is 310 g/mol. The zero-order valence-electron chi connectivity index (χ0n) is 11.5. The molecule has 0 aliphatic carbocycles. The largest absolute Gasteiger partial charge is 0.495 e. The molecule has 0 spiro atoms. The van der Waals surface area contributed by atoms with E-state index in [1.165, 1.54) is 7.11 Å². The summed E-state index contributed by atoms with van der Waals surface area (Å²) in [6, 6.07) is 4.88. The fourth-order valence-corrected chi connectivity index (χ4v) is 2.31. The van der Waals surface area contributed by atoms with Crippen LogP contribution >= 0.6 is 11.6 Å². The van der Waals surface area contributed by atoms with Crippen LogP contribution in [-0.2, 0) is 14.4 Å². The maximum absolute atomic E-state index is 11.8. The average Bonchev–Trinajstić information content (AvgIpc) is 2.76. The van der Waals surface area contributed by atoms with Gasteiger partial charge in [-0.15, -0.1) is 0 Å². The number of halogens is 1. The number of rotatable bonds is 5. The van der Waals surface area contributed by atoms with Gasteiger partial charge in [0.1, 0.15) is 5.75 Å². The third kappa shape index (κ3) is 3.72. The summed E-state index contributed by atoms with van der Waals surface area (Å²) in [6.45, 7) is 0.105. The zero-order valence-corrected chi connectivity index (χ0v) is 12.3. The van der Waals surface area contributed by atoms with Crippen LogP contribution in [0.15, 0.2) is 18.2 Å². The van der Waals surface area contributed by atoms with Gasteiger partial charge in [0.2, 0.25) is 17.7 Å². The summed E-state index contributed by atoms with van der Waals surface area (Å²) in [4.78, 5) is 35.8. The first kappa shape index (κ1) is 15.3. The minimum atomic E-state index is -0.288. The molecule has 0 bridgehead atoms. The highest BCUT2D eigenvalue weighted by atomic mass is 35.5. The Morgan fingerprint density at radius 2 is 2.00 bits per heavy atom. The second kappa shape index (κ2) is 6.58. The third-order valence-corrected chi connectivity index (χ3v) is 3.45. The molecule has 3 amide bonds. The van der Waals surface area contributed by atoms with Crippen molar-refractivity contribution >= 4 is 35.0 Å². The molecule has 0 saturated carbocycles. The van der Waals surface area contributed by atoms with Crippen molar-refractivity contribution in [2.45, 2.75) is 19.3 Å². The molecule has 1 saturated heterocycles. The van der Waals surface area contributed by atoms with Crippen LogP contribution in [0.2, 0.25) is 5.02 Å². The van der Waals surface area contributed by atoms with Gasteiger partial charge in [-0.1, -0.05) is 11.6 Å². The van der Waals surface area contributed by atoms with E-state index in [0.717, 1.165) is 4.90 Å². The van der Waals surface area contributed by atoms with Crippen molar-refractivity contribution in [3.05, 3.63) is 23.2 Å². The lowest BCUT2D eigenvalue weighted by atomic mass is 10.3. The predicted molar refractivity (Wildman–Crippen MR) is 77.2 cm³/mol. The molecule has 1 aliphatic rings. The van der Waals surface area contributed by atoms with Gasteiger partial charge in [-0.3, -0.25) is 19.3 Å². The molecule has 7 heteroatoms. The SMILES string of the molecule is COc1ccc(NC(=O)CCN2C(=O)CCC2=O)cc1Cl. The smallest absolute Gasteiger partial charge is 0.229 e. The number of nitrogens with zero attached hydrogens (tertiary/aromatic N) is 1. The summed E-state index contributed by atoms with van der Waals surface area (Å²) in [5, 5.41) is 3.05. The van der Waals surface area contributed by atoms with Gasteiger partial charge in [0, 0.05) is 31.5 Å². The summed E-state index contributed by atoms with van der Waals surface area (Å²) in [5.41, 5.74) is 0.532. The summed E-state index contributed by atoms with van der Waals surface area (Å²) in [6.07, 6.45) is 0.518. The highest BCUT2D eigenvalue weighted by Crippen LogP contribution is 2.27. The Morgan fingerprint density at radius 1 is 1.33 bits per heavy atom. The Bertz CT molecular complexity index is 572. The molecule has 2 rings (SSSR count). The van der Waals surface area contributed by atoms with E-state index in [9.17, 15) is 14.4 Å². The highest BCUT2D eigenvalue weighted by Gasteiger charge is 2.28. The van der Waals surface area contributed by atoms with Gasteiger partial charge < -0.3 is 10.1 Å². The van der Waals surface area contributed by atoms with Crippen LogP contribution < -0.4 is 10.1 Å². The number of hydrogen-bond acceptors (Lipinski definition) is 4. The van der Waals surface area contributed by atoms with Crippen molar-refractivity contribution in [2.75, 3.05) is 19.0 Å². The quantitative estimate of drug-likeness (QED) is 0.842. The maximum atomic E-state index is 11.8. The highest BCUT2D eigenvalue weighted by molar-refractivity contribution is 6.32. The van der Waals surface area contributed by atoms with E-state index in [-0.39, 0.29) is 43.5 Å². The van der Waals surface area contributed by atoms with Gasteiger partial charge >= 0.3 is 0 Å². The molecule has 112 valence electrons. The second-order valence-corrected chi connectivity index (χ2v) is 4.99.